The molecule has 0 radical (unpaired) electrons. The van der Waals surface area contributed by atoms with Crippen molar-refractivity contribution >= 4 is 55.2 Å². The van der Waals surface area contributed by atoms with Crippen LogP contribution in [0.2, 0.25) is 0 Å². The fourth-order valence-corrected chi connectivity index (χ4v) is 6.04. The number of hydrogen-bond donors (Lipinski definition) is 0. The van der Waals surface area contributed by atoms with Crippen LogP contribution in [0.5, 0.6) is 0 Å². The third kappa shape index (κ3) is 4.20. The van der Waals surface area contributed by atoms with Crippen LogP contribution in [-0.2, 0) is 34.2 Å². The lowest BCUT2D eigenvalue weighted by molar-refractivity contribution is -0.161. The first-order valence-electron chi connectivity index (χ1n) is 12.3. The summed E-state index contributed by atoms with van der Waals surface area (Å²) in [6, 6.07) is 14.4. The van der Waals surface area contributed by atoms with Gasteiger partial charge in [-0.15, -0.1) is 0 Å². The van der Waals surface area contributed by atoms with Gasteiger partial charge < -0.3 is 19.1 Å². The maximum Gasteiger partial charge on any atom is 0.341 e. The molecule has 7 nitrogen and oxygen atoms in total. The van der Waals surface area contributed by atoms with Crippen molar-refractivity contribution in [1.29, 1.82) is 0 Å². The maximum atomic E-state index is 14.6. The average Bonchev–Trinajstić information content (AvgIpc) is 3.39. The highest BCUT2D eigenvalue weighted by molar-refractivity contribution is 9.10. The van der Waals surface area contributed by atoms with Gasteiger partial charge in [-0.2, -0.15) is 0 Å². The van der Waals surface area contributed by atoms with Crippen molar-refractivity contribution in [2.24, 2.45) is 5.41 Å². The fourth-order valence-electron chi connectivity index (χ4n) is 5.51. The van der Waals surface area contributed by atoms with Gasteiger partial charge in [0.15, 0.2) is 11.2 Å². The van der Waals surface area contributed by atoms with Crippen molar-refractivity contribution in [2.75, 3.05) is 40.5 Å². The van der Waals surface area contributed by atoms with Gasteiger partial charge in [-0.3, -0.25) is 9.59 Å². The minimum atomic E-state index is -1.95. The number of rotatable bonds is 8. The van der Waals surface area contributed by atoms with E-state index in [2.05, 4.69) is 36.8 Å². The maximum absolute atomic E-state index is 14.6. The first kappa shape index (κ1) is 28.4. The molecule has 0 spiro atoms. The quantitative estimate of drug-likeness (QED) is 0.171. The number of hydrogen-bond acceptors (Lipinski definition) is 7. The summed E-state index contributed by atoms with van der Waals surface area (Å²) >= 11 is 6.92. The monoisotopic (exact) mass is 645 g/mol. The highest BCUT2D eigenvalue weighted by Crippen LogP contribution is 2.66. The van der Waals surface area contributed by atoms with Crippen LogP contribution in [-0.4, -0.2) is 63.1 Å². The zero-order valence-corrected chi connectivity index (χ0v) is 24.8. The molecular weight excluding hydrogens is 618 g/mol. The molecule has 0 aromatic heterocycles. The van der Waals surface area contributed by atoms with E-state index in [9.17, 15) is 14.4 Å². The van der Waals surface area contributed by atoms with Crippen LogP contribution >= 0.6 is 31.9 Å². The van der Waals surface area contributed by atoms with Crippen LogP contribution in [0.3, 0.4) is 0 Å². The minimum Gasteiger partial charge on any atom is -0.468 e. The van der Waals surface area contributed by atoms with E-state index in [1.54, 1.807) is 36.4 Å². The Hall–Kier alpha value is -2.59. The van der Waals surface area contributed by atoms with Crippen molar-refractivity contribution in [3.05, 3.63) is 85.8 Å². The van der Waals surface area contributed by atoms with Gasteiger partial charge >= 0.3 is 11.9 Å². The van der Waals surface area contributed by atoms with E-state index >= 15 is 0 Å². The van der Waals surface area contributed by atoms with Gasteiger partial charge in [0.2, 0.25) is 0 Å². The summed E-state index contributed by atoms with van der Waals surface area (Å²) in [7, 11) is 2.46. The van der Waals surface area contributed by atoms with Gasteiger partial charge in [-0.1, -0.05) is 76.0 Å². The molecule has 38 heavy (non-hydrogen) atoms. The van der Waals surface area contributed by atoms with E-state index in [-0.39, 0.29) is 17.8 Å². The van der Waals surface area contributed by atoms with Gasteiger partial charge in [-0.25, -0.2) is 4.79 Å². The summed E-state index contributed by atoms with van der Waals surface area (Å²) in [6.07, 6.45) is 1.86. The molecule has 2 atom stereocenters. The first-order valence-corrected chi connectivity index (χ1v) is 13.8. The molecule has 1 aliphatic carbocycles. The molecule has 9 heteroatoms. The second kappa shape index (κ2) is 11.3. The van der Waals surface area contributed by atoms with Crippen molar-refractivity contribution in [3.8, 4) is 0 Å². The molecule has 0 saturated carbocycles. The van der Waals surface area contributed by atoms with Crippen molar-refractivity contribution in [3.63, 3.8) is 0 Å². The van der Waals surface area contributed by atoms with Crippen LogP contribution < -0.4 is 0 Å². The Labute approximate surface area is 239 Å². The molecule has 1 saturated heterocycles. The number of esters is 2. The van der Waals surface area contributed by atoms with Gasteiger partial charge in [-0.05, 0) is 54.1 Å². The number of carbonyl (C=O) groups excluding carboxylic acids is 3. The lowest BCUT2D eigenvalue weighted by Gasteiger charge is -2.39. The second-order valence-corrected chi connectivity index (χ2v) is 10.8. The van der Waals surface area contributed by atoms with E-state index in [4.69, 9.17) is 14.2 Å². The van der Waals surface area contributed by atoms with E-state index in [1.807, 2.05) is 32.1 Å². The predicted octanol–water partition coefficient (Wildman–Crippen LogP) is 5.07. The smallest absolute Gasteiger partial charge is 0.341 e. The molecule has 4 rings (SSSR count). The van der Waals surface area contributed by atoms with Crippen molar-refractivity contribution < 1.29 is 28.6 Å². The van der Waals surface area contributed by atoms with Gasteiger partial charge in [0.1, 0.15) is 11.2 Å². The number of likely N-dealkylation sites (N-methyl/N-ethyl adjacent to an activating group) is 1. The predicted molar refractivity (Wildman–Crippen MR) is 150 cm³/mol. The summed E-state index contributed by atoms with van der Waals surface area (Å²) in [6.45, 7) is 6.15. The molecule has 0 N–H and O–H groups in total. The lowest BCUT2D eigenvalue weighted by Crippen LogP contribution is -2.51. The number of methoxy groups -OCH3 is 2. The fraction of sp³-hybridized carbons (Fsp3) is 0.345. The minimum absolute atomic E-state index is 0.00660. The number of fused-ring (bicyclic) bond motifs is 1. The molecular formula is C29H29Br2NO6. The van der Waals surface area contributed by atoms with Crippen molar-refractivity contribution in [2.45, 2.75) is 19.4 Å². The molecule has 2 aromatic carbocycles. The zero-order chi connectivity index (χ0) is 27.7. The van der Waals surface area contributed by atoms with Gasteiger partial charge in [0.25, 0.3) is 0 Å². The topological polar surface area (TPSA) is 82.1 Å². The molecule has 200 valence electrons. The van der Waals surface area contributed by atoms with Crippen LogP contribution in [0.4, 0.5) is 0 Å². The van der Waals surface area contributed by atoms with Crippen LogP contribution in [0.15, 0.2) is 74.7 Å². The Balaban J connectivity index is 2.14. The standard InChI is InChI=1S/C29H29Br2NO6/c1-5-32(6-2)16-15-20-17-38-29(19-9-13-22(31)14-10-19)24(18-7-11-21(30)12-8-18)23(26(34)36-3)25(33)28(20,29)27(35)37-4/h7-15H,5-6,16-17H2,1-4H3/b20-15-/t28-,29+/m0/s1. The summed E-state index contributed by atoms with van der Waals surface area (Å²) in [4.78, 5) is 44.0. The van der Waals surface area contributed by atoms with E-state index in [0.29, 0.717) is 23.2 Å². The molecule has 0 amide bonds. The number of ketones is 1. The molecule has 1 aliphatic heterocycles. The Kier molecular flexibility index (Phi) is 8.42. The molecule has 0 bridgehead atoms. The number of benzene rings is 2. The SMILES string of the molecule is CCN(CC)C/C=C1/CO[C@]2(c3ccc(Br)cc3)C(c3ccc(Br)cc3)=C(C(=O)OC)C(=O)[C@]12C(=O)OC. The van der Waals surface area contributed by atoms with Gasteiger partial charge in [0, 0.05) is 21.1 Å². The summed E-state index contributed by atoms with van der Waals surface area (Å²) in [5.41, 5.74) is -2.00. The summed E-state index contributed by atoms with van der Waals surface area (Å²) in [5, 5.41) is 0. The zero-order valence-electron chi connectivity index (χ0n) is 21.7. The second-order valence-electron chi connectivity index (χ2n) is 9.01. The van der Waals surface area contributed by atoms with E-state index in [1.165, 1.54) is 14.2 Å². The number of Topliss-reactive ketones (excluding diaryl/α,β-unsaturated/α-hetero) is 1. The summed E-state index contributed by atoms with van der Waals surface area (Å²) < 4.78 is 18.7. The number of carbonyl (C=O) groups is 3. The van der Waals surface area contributed by atoms with E-state index < -0.39 is 28.7 Å². The summed E-state index contributed by atoms with van der Waals surface area (Å²) in [5.74, 6) is -2.32. The van der Waals surface area contributed by atoms with Crippen LogP contribution in [0, 0.1) is 5.41 Å². The highest BCUT2D eigenvalue weighted by Gasteiger charge is 2.76. The largest absolute Gasteiger partial charge is 0.468 e. The number of nitrogens with zero attached hydrogens (tertiary/aromatic N) is 1. The van der Waals surface area contributed by atoms with Gasteiger partial charge in [0.05, 0.1) is 20.8 Å². The van der Waals surface area contributed by atoms with Crippen LogP contribution in [0.25, 0.3) is 5.57 Å². The molecule has 2 aliphatic rings. The molecule has 1 fully saturated rings. The van der Waals surface area contributed by atoms with E-state index in [0.717, 1.165) is 22.0 Å². The lowest BCUT2D eigenvalue weighted by atomic mass is 9.64. The molecule has 0 unspecified atom stereocenters. The normalized spacial score (nSPS) is 23.8. The first-order chi connectivity index (χ1) is 18.2. The Morgan fingerprint density at radius 1 is 0.974 bits per heavy atom. The Morgan fingerprint density at radius 2 is 1.55 bits per heavy atom. The average molecular weight is 647 g/mol. The molecule has 2 aromatic rings. The van der Waals surface area contributed by atoms with Crippen molar-refractivity contribution in [1.82, 2.24) is 4.90 Å². The molecule has 1 heterocycles. The van der Waals surface area contributed by atoms with Crippen LogP contribution in [0.1, 0.15) is 25.0 Å². The Morgan fingerprint density at radius 3 is 2.08 bits per heavy atom. The third-order valence-electron chi connectivity index (χ3n) is 7.38. The highest BCUT2D eigenvalue weighted by atomic mass is 79.9. The number of halogens is 2. The third-order valence-corrected chi connectivity index (χ3v) is 8.44. The number of ether oxygens (including phenoxy) is 3. The Bertz CT molecular complexity index is 1310.